The van der Waals surface area contributed by atoms with Crippen LogP contribution in [0.2, 0.25) is 0 Å². The molecular formula is C21H27F3N2O2. The smallest absolute Gasteiger partial charge is 0.390 e. The van der Waals surface area contributed by atoms with Gasteiger partial charge >= 0.3 is 6.18 Å². The van der Waals surface area contributed by atoms with Crippen LogP contribution < -0.4 is 10.6 Å². The summed E-state index contributed by atoms with van der Waals surface area (Å²) >= 11 is 0. The summed E-state index contributed by atoms with van der Waals surface area (Å²) in [6, 6.07) is 4.93. The Balaban J connectivity index is 1.45. The van der Waals surface area contributed by atoms with Crippen molar-refractivity contribution >= 4 is 11.6 Å². The molecule has 5 rings (SSSR count). The lowest BCUT2D eigenvalue weighted by molar-refractivity contribution is -0.148. The summed E-state index contributed by atoms with van der Waals surface area (Å²) in [4.78, 5) is 13.0. The third-order valence-electron chi connectivity index (χ3n) is 6.75. The lowest BCUT2D eigenvalue weighted by Crippen LogP contribution is -2.63. The topological polar surface area (TPSA) is 61.4 Å². The van der Waals surface area contributed by atoms with E-state index in [1.807, 2.05) is 0 Å². The molecule has 1 aromatic carbocycles. The number of amides is 1. The zero-order valence-corrected chi connectivity index (χ0v) is 16.1. The molecule has 4 aliphatic rings. The molecule has 4 nitrogen and oxygen atoms in total. The van der Waals surface area contributed by atoms with Gasteiger partial charge in [0.05, 0.1) is 11.2 Å². The second-order valence-corrected chi connectivity index (χ2v) is 9.52. The Morgan fingerprint density at radius 1 is 1.14 bits per heavy atom. The summed E-state index contributed by atoms with van der Waals surface area (Å²) in [6.45, 7) is 3.35. The molecule has 4 fully saturated rings. The molecule has 4 saturated carbocycles. The number of alkyl halides is 3. The number of anilines is 1. The van der Waals surface area contributed by atoms with Crippen LogP contribution in [0.25, 0.3) is 0 Å². The van der Waals surface area contributed by atoms with Crippen molar-refractivity contribution in [2.45, 2.75) is 69.3 Å². The van der Waals surface area contributed by atoms with Gasteiger partial charge in [-0.05, 0) is 81.9 Å². The molecule has 28 heavy (non-hydrogen) atoms. The summed E-state index contributed by atoms with van der Waals surface area (Å²) < 4.78 is 38.8. The molecule has 7 heteroatoms. The fraction of sp³-hybridized carbons (Fsp3) is 0.667. The molecule has 4 aliphatic carbocycles. The Hall–Kier alpha value is -1.76. The standard InChI is InChI=1S/C21H27F3N2O2/c1-19(2,26-16-5-3-4-15(8-16)21(22,23)24)18(27)25-17-13-6-12-7-14(17)11-20(28,9-12)10-13/h3-5,8,12-14,17,26,28H,6-7,9-11H2,1-2H3,(H,25,27)/t12?,13-,14+,17?,20?. The molecule has 5 atom stereocenters. The SMILES string of the molecule is CC(C)(Nc1cccc(C(F)(F)F)c1)C(=O)NC1[C@@H]2CC3C[C@H]1CC(O)(C3)C2. The number of benzene rings is 1. The van der Waals surface area contributed by atoms with Gasteiger partial charge in [-0.1, -0.05) is 6.07 Å². The zero-order chi connectivity index (χ0) is 20.3. The Morgan fingerprint density at radius 3 is 2.36 bits per heavy atom. The normalized spacial score (nSPS) is 34.4. The summed E-state index contributed by atoms with van der Waals surface area (Å²) in [6.07, 6.45) is -0.0245. The van der Waals surface area contributed by atoms with E-state index in [1.54, 1.807) is 13.8 Å². The van der Waals surface area contributed by atoms with Crippen molar-refractivity contribution in [2.24, 2.45) is 17.8 Å². The van der Waals surface area contributed by atoms with E-state index in [9.17, 15) is 23.1 Å². The number of halogens is 3. The molecule has 3 unspecified atom stereocenters. The molecule has 0 heterocycles. The minimum absolute atomic E-state index is 0.0342. The van der Waals surface area contributed by atoms with Crippen LogP contribution >= 0.6 is 0 Å². The van der Waals surface area contributed by atoms with E-state index >= 15 is 0 Å². The first kappa shape index (κ1) is 19.6. The minimum Gasteiger partial charge on any atom is -0.390 e. The van der Waals surface area contributed by atoms with Gasteiger partial charge in [0.1, 0.15) is 5.54 Å². The van der Waals surface area contributed by atoms with Crippen LogP contribution in [0.1, 0.15) is 51.5 Å². The number of nitrogens with one attached hydrogen (secondary N) is 2. The van der Waals surface area contributed by atoms with Crippen molar-refractivity contribution < 1.29 is 23.1 Å². The first-order chi connectivity index (χ1) is 13.0. The van der Waals surface area contributed by atoms with Gasteiger partial charge < -0.3 is 15.7 Å². The monoisotopic (exact) mass is 396 g/mol. The molecule has 1 aromatic rings. The predicted molar refractivity (Wildman–Crippen MR) is 99.6 cm³/mol. The lowest BCUT2D eigenvalue weighted by atomic mass is 9.52. The first-order valence-corrected chi connectivity index (χ1v) is 9.94. The van der Waals surface area contributed by atoms with Crippen LogP contribution in [0, 0.1) is 17.8 Å². The first-order valence-electron chi connectivity index (χ1n) is 9.94. The van der Waals surface area contributed by atoms with Gasteiger partial charge in [0.15, 0.2) is 0 Å². The fourth-order valence-corrected chi connectivity index (χ4v) is 5.74. The maximum absolute atomic E-state index is 13.0. The van der Waals surface area contributed by atoms with Crippen LogP contribution in [-0.4, -0.2) is 28.2 Å². The summed E-state index contributed by atoms with van der Waals surface area (Å²) in [7, 11) is 0. The van der Waals surface area contributed by atoms with Gasteiger partial charge in [0.2, 0.25) is 5.91 Å². The maximum Gasteiger partial charge on any atom is 0.416 e. The highest BCUT2D eigenvalue weighted by atomic mass is 19.4. The van der Waals surface area contributed by atoms with Crippen molar-refractivity contribution in [2.75, 3.05) is 5.32 Å². The number of aliphatic hydroxyl groups is 1. The van der Waals surface area contributed by atoms with Gasteiger partial charge in [-0.25, -0.2) is 0 Å². The third-order valence-corrected chi connectivity index (χ3v) is 6.75. The molecule has 0 spiro atoms. The van der Waals surface area contributed by atoms with Crippen molar-refractivity contribution in [3.05, 3.63) is 29.8 Å². The highest BCUT2D eigenvalue weighted by Gasteiger charge is 2.55. The van der Waals surface area contributed by atoms with E-state index < -0.39 is 22.9 Å². The van der Waals surface area contributed by atoms with Crippen LogP contribution in [0.15, 0.2) is 24.3 Å². The number of carbonyl (C=O) groups is 1. The maximum atomic E-state index is 13.0. The highest BCUT2D eigenvalue weighted by molar-refractivity contribution is 5.88. The molecule has 0 radical (unpaired) electrons. The number of rotatable bonds is 4. The summed E-state index contributed by atoms with van der Waals surface area (Å²) in [5.41, 5.74) is -2.11. The lowest BCUT2D eigenvalue weighted by Gasteiger charge is -2.58. The molecule has 3 N–H and O–H groups in total. The molecule has 0 saturated heterocycles. The Labute approximate surface area is 162 Å². The molecule has 4 bridgehead atoms. The third kappa shape index (κ3) is 3.61. The van der Waals surface area contributed by atoms with E-state index in [-0.39, 0.29) is 29.5 Å². The van der Waals surface area contributed by atoms with Gasteiger partial charge in [0, 0.05) is 11.7 Å². The molecule has 1 amide bonds. The van der Waals surface area contributed by atoms with E-state index in [0.717, 1.165) is 44.2 Å². The van der Waals surface area contributed by atoms with E-state index in [1.165, 1.54) is 12.1 Å². The quantitative estimate of drug-likeness (QED) is 0.722. The second-order valence-electron chi connectivity index (χ2n) is 9.52. The average molecular weight is 396 g/mol. The van der Waals surface area contributed by atoms with Gasteiger partial charge in [-0.2, -0.15) is 13.2 Å². The second kappa shape index (κ2) is 6.37. The largest absolute Gasteiger partial charge is 0.416 e. The van der Waals surface area contributed by atoms with Crippen LogP contribution in [0.4, 0.5) is 18.9 Å². The summed E-state index contributed by atoms with van der Waals surface area (Å²) in [5, 5.41) is 16.8. The molecule has 0 aromatic heterocycles. The molecule has 0 aliphatic heterocycles. The number of hydrogen-bond donors (Lipinski definition) is 3. The van der Waals surface area contributed by atoms with Crippen LogP contribution in [0.3, 0.4) is 0 Å². The number of carbonyl (C=O) groups excluding carboxylic acids is 1. The van der Waals surface area contributed by atoms with E-state index in [0.29, 0.717) is 5.92 Å². The van der Waals surface area contributed by atoms with Crippen molar-refractivity contribution in [1.29, 1.82) is 0 Å². The van der Waals surface area contributed by atoms with Crippen molar-refractivity contribution in [3.63, 3.8) is 0 Å². The van der Waals surface area contributed by atoms with E-state index in [4.69, 9.17) is 0 Å². The number of hydrogen-bond acceptors (Lipinski definition) is 3. The van der Waals surface area contributed by atoms with Gasteiger partial charge in [-0.15, -0.1) is 0 Å². The van der Waals surface area contributed by atoms with Gasteiger partial charge in [-0.3, -0.25) is 4.79 Å². The zero-order valence-electron chi connectivity index (χ0n) is 16.1. The molecule has 154 valence electrons. The predicted octanol–water partition coefficient (Wildman–Crippen LogP) is 3.95. The minimum atomic E-state index is -4.43. The van der Waals surface area contributed by atoms with Crippen molar-refractivity contribution in [3.8, 4) is 0 Å². The average Bonchev–Trinajstić information content (AvgIpc) is 2.55. The van der Waals surface area contributed by atoms with Gasteiger partial charge in [0.25, 0.3) is 0 Å². The van der Waals surface area contributed by atoms with Crippen LogP contribution in [0.5, 0.6) is 0 Å². The highest BCUT2D eigenvalue weighted by Crippen LogP contribution is 2.55. The Morgan fingerprint density at radius 2 is 1.79 bits per heavy atom. The summed E-state index contributed by atoms with van der Waals surface area (Å²) in [5.74, 6) is 0.885. The van der Waals surface area contributed by atoms with E-state index in [2.05, 4.69) is 10.6 Å². The Bertz CT molecular complexity index is 761. The van der Waals surface area contributed by atoms with Crippen LogP contribution in [-0.2, 0) is 11.0 Å². The molecular weight excluding hydrogens is 369 g/mol. The van der Waals surface area contributed by atoms with Crippen molar-refractivity contribution in [1.82, 2.24) is 5.32 Å². The Kier molecular flexibility index (Phi) is 4.45. The fourth-order valence-electron chi connectivity index (χ4n) is 5.74.